The van der Waals surface area contributed by atoms with E-state index < -0.39 is 0 Å². The van der Waals surface area contributed by atoms with Crippen molar-refractivity contribution < 1.29 is 13.9 Å². The third-order valence-electron chi connectivity index (χ3n) is 6.11. The number of anilines is 1. The maximum Gasteiger partial charge on any atom is 0.226 e. The number of carbonyl (C=O) groups excluding carboxylic acids is 1. The van der Waals surface area contributed by atoms with Gasteiger partial charge in [-0.05, 0) is 42.3 Å². The Bertz CT molecular complexity index is 1540. The number of imidazole rings is 1. The standard InChI is InChI=1S/C25H20FN7O2/c1-14-21-19(16-4-8-18(9-5-16)35-11-15-2-6-17(26)7-3-15)10-20(34)31-24(21)33(32-14)25-22-23(28-12-27-22)29-13-30-25/h2-9,12-13,19H,10-11H2,1H3,(H,31,34)(H,27,28,29,30). The summed E-state index contributed by atoms with van der Waals surface area (Å²) in [6.45, 7) is 2.26. The SMILES string of the molecule is Cc1nn(-c2ncnc3nc[nH]c23)c2c1C(c1ccc(OCc3ccc(F)cc3)cc1)CC(=O)N2. The van der Waals surface area contributed by atoms with Gasteiger partial charge in [-0.3, -0.25) is 4.79 Å². The summed E-state index contributed by atoms with van der Waals surface area (Å²) in [5.74, 6) is 1.25. The number of aromatic amines is 1. The van der Waals surface area contributed by atoms with E-state index in [1.165, 1.54) is 18.5 Å². The molecule has 0 spiro atoms. The lowest BCUT2D eigenvalue weighted by molar-refractivity contribution is -0.116. The minimum atomic E-state index is -0.277. The lowest BCUT2D eigenvalue weighted by atomic mass is 9.86. The first-order valence-electron chi connectivity index (χ1n) is 11.1. The Labute approximate surface area is 199 Å². The fraction of sp³-hybridized carbons (Fsp3) is 0.160. The van der Waals surface area contributed by atoms with Crippen LogP contribution in [-0.2, 0) is 11.4 Å². The molecule has 1 atom stereocenters. The maximum atomic E-state index is 13.1. The first kappa shape index (κ1) is 21.0. The highest BCUT2D eigenvalue weighted by Gasteiger charge is 2.33. The number of fused-ring (bicyclic) bond motifs is 2. The van der Waals surface area contributed by atoms with Crippen LogP contribution in [0.25, 0.3) is 17.0 Å². The molecule has 0 aliphatic carbocycles. The van der Waals surface area contributed by atoms with E-state index in [-0.39, 0.29) is 17.6 Å². The number of carbonyl (C=O) groups is 1. The van der Waals surface area contributed by atoms with Gasteiger partial charge in [0.15, 0.2) is 11.5 Å². The molecule has 0 bridgehead atoms. The maximum absolute atomic E-state index is 13.1. The van der Waals surface area contributed by atoms with Crippen LogP contribution < -0.4 is 10.1 Å². The number of rotatable bonds is 5. The Kier molecular flexibility index (Phi) is 4.98. The number of amides is 1. The number of aryl methyl sites for hydroxylation is 1. The Balaban J connectivity index is 1.31. The van der Waals surface area contributed by atoms with E-state index in [0.717, 1.165) is 22.4 Å². The van der Waals surface area contributed by atoms with Crippen molar-refractivity contribution in [3.63, 3.8) is 0 Å². The van der Waals surface area contributed by atoms with Gasteiger partial charge in [0.05, 0.1) is 12.0 Å². The summed E-state index contributed by atoms with van der Waals surface area (Å²) < 4.78 is 20.6. The van der Waals surface area contributed by atoms with Gasteiger partial charge in [0, 0.05) is 17.9 Å². The van der Waals surface area contributed by atoms with E-state index in [9.17, 15) is 9.18 Å². The second kappa shape index (κ2) is 8.32. The quantitative estimate of drug-likeness (QED) is 0.402. The van der Waals surface area contributed by atoms with Crippen LogP contribution in [0, 0.1) is 12.7 Å². The summed E-state index contributed by atoms with van der Waals surface area (Å²) in [5.41, 5.74) is 4.75. The number of nitrogens with one attached hydrogen (secondary N) is 2. The van der Waals surface area contributed by atoms with Gasteiger partial charge < -0.3 is 15.0 Å². The van der Waals surface area contributed by atoms with E-state index in [1.54, 1.807) is 23.1 Å². The fourth-order valence-corrected chi connectivity index (χ4v) is 4.44. The number of benzene rings is 2. The number of ether oxygens (including phenoxy) is 1. The number of hydrogen-bond acceptors (Lipinski definition) is 6. The van der Waals surface area contributed by atoms with Gasteiger partial charge in [-0.25, -0.2) is 19.3 Å². The van der Waals surface area contributed by atoms with Crippen molar-refractivity contribution in [2.45, 2.75) is 25.9 Å². The van der Waals surface area contributed by atoms with E-state index >= 15 is 0 Å². The molecule has 1 amide bonds. The molecular formula is C25H20FN7O2. The highest BCUT2D eigenvalue weighted by Crippen LogP contribution is 2.40. The number of hydrogen-bond donors (Lipinski definition) is 2. The van der Waals surface area contributed by atoms with Crippen molar-refractivity contribution in [3.8, 4) is 11.6 Å². The summed E-state index contributed by atoms with van der Waals surface area (Å²) in [4.78, 5) is 28.5. The van der Waals surface area contributed by atoms with Crippen LogP contribution in [-0.4, -0.2) is 35.6 Å². The second-order valence-corrected chi connectivity index (χ2v) is 8.35. The third kappa shape index (κ3) is 3.78. The first-order chi connectivity index (χ1) is 17.1. The van der Waals surface area contributed by atoms with Gasteiger partial charge in [0.1, 0.15) is 35.8 Å². The highest BCUT2D eigenvalue weighted by atomic mass is 19.1. The van der Waals surface area contributed by atoms with Gasteiger partial charge in [0.25, 0.3) is 0 Å². The molecule has 1 unspecified atom stereocenters. The van der Waals surface area contributed by atoms with E-state index in [4.69, 9.17) is 9.84 Å². The fourth-order valence-electron chi connectivity index (χ4n) is 4.44. The summed E-state index contributed by atoms with van der Waals surface area (Å²) in [6, 6.07) is 13.9. The molecule has 0 radical (unpaired) electrons. The summed E-state index contributed by atoms with van der Waals surface area (Å²) >= 11 is 0. The van der Waals surface area contributed by atoms with Crippen LogP contribution in [0.5, 0.6) is 5.75 Å². The Morgan fingerprint density at radius 3 is 2.69 bits per heavy atom. The van der Waals surface area contributed by atoms with Crippen LogP contribution in [0.2, 0.25) is 0 Å². The molecule has 0 saturated heterocycles. The minimum Gasteiger partial charge on any atom is -0.489 e. The van der Waals surface area contributed by atoms with Gasteiger partial charge in [-0.15, -0.1) is 0 Å². The predicted molar refractivity (Wildman–Crippen MR) is 126 cm³/mol. The first-order valence-corrected chi connectivity index (χ1v) is 11.1. The molecular weight excluding hydrogens is 449 g/mol. The van der Waals surface area contributed by atoms with Crippen LogP contribution in [0.1, 0.15) is 34.7 Å². The third-order valence-corrected chi connectivity index (χ3v) is 6.11. The lowest BCUT2D eigenvalue weighted by Gasteiger charge is -2.24. The highest BCUT2D eigenvalue weighted by molar-refractivity contribution is 5.95. The molecule has 3 aromatic heterocycles. The molecule has 2 aromatic carbocycles. The average molecular weight is 469 g/mol. The van der Waals surface area contributed by atoms with Crippen LogP contribution in [0.3, 0.4) is 0 Å². The van der Waals surface area contributed by atoms with Crippen molar-refractivity contribution in [3.05, 3.63) is 89.4 Å². The molecule has 1 aliphatic heterocycles. The zero-order valence-corrected chi connectivity index (χ0v) is 18.7. The van der Waals surface area contributed by atoms with Crippen LogP contribution >= 0.6 is 0 Å². The van der Waals surface area contributed by atoms with E-state index in [1.807, 2.05) is 31.2 Å². The monoisotopic (exact) mass is 469 g/mol. The lowest BCUT2D eigenvalue weighted by Crippen LogP contribution is -2.25. The van der Waals surface area contributed by atoms with Gasteiger partial charge in [0.2, 0.25) is 5.91 Å². The molecule has 174 valence electrons. The largest absolute Gasteiger partial charge is 0.489 e. The molecule has 0 fully saturated rings. The van der Waals surface area contributed by atoms with Crippen molar-refractivity contribution in [1.29, 1.82) is 0 Å². The number of aromatic nitrogens is 6. The summed E-state index contributed by atoms with van der Waals surface area (Å²) in [6.07, 6.45) is 3.28. The van der Waals surface area contributed by atoms with Crippen LogP contribution in [0.4, 0.5) is 10.2 Å². The molecule has 5 aromatic rings. The molecule has 2 N–H and O–H groups in total. The van der Waals surface area contributed by atoms with Gasteiger partial charge >= 0.3 is 0 Å². The number of halogens is 1. The Morgan fingerprint density at radius 2 is 1.89 bits per heavy atom. The van der Waals surface area contributed by atoms with Crippen molar-refractivity contribution in [2.24, 2.45) is 0 Å². The Hall–Kier alpha value is -4.60. The minimum absolute atomic E-state index is 0.102. The smallest absolute Gasteiger partial charge is 0.226 e. The molecule has 4 heterocycles. The molecule has 35 heavy (non-hydrogen) atoms. The van der Waals surface area contributed by atoms with Crippen molar-refractivity contribution in [1.82, 2.24) is 29.7 Å². The molecule has 9 nitrogen and oxygen atoms in total. The molecule has 1 aliphatic rings. The summed E-state index contributed by atoms with van der Waals surface area (Å²) in [5, 5.41) is 7.68. The normalized spacial score (nSPS) is 15.1. The van der Waals surface area contributed by atoms with Gasteiger partial charge in [-0.2, -0.15) is 9.78 Å². The van der Waals surface area contributed by atoms with E-state index in [2.05, 4.69) is 25.3 Å². The average Bonchev–Trinajstić information content (AvgIpc) is 3.48. The predicted octanol–water partition coefficient (Wildman–Crippen LogP) is 4.04. The second-order valence-electron chi connectivity index (χ2n) is 8.35. The summed E-state index contributed by atoms with van der Waals surface area (Å²) in [7, 11) is 0. The van der Waals surface area contributed by atoms with Crippen molar-refractivity contribution in [2.75, 3.05) is 5.32 Å². The zero-order chi connectivity index (χ0) is 23.9. The number of H-pyrrole nitrogens is 1. The molecule has 10 heteroatoms. The van der Waals surface area contributed by atoms with Gasteiger partial charge in [-0.1, -0.05) is 24.3 Å². The molecule has 6 rings (SSSR count). The zero-order valence-electron chi connectivity index (χ0n) is 18.7. The number of nitrogens with zero attached hydrogens (tertiary/aromatic N) is 5. The van der Waals surface area contributed by atoms with Crippen molar-refractivity contribution >= 4 is 22.9 Å². The molecule has 0 saturated carbocycles. The van der Waals surface area contributed by atoms with Crippen LogP contribution in [0.15, 0.2) is 61.2 Å². The topological polar surface area (TPSA) is 111 Å². The Morgan fingerprint density at radius 1 is 1.09 bits per heavy atom. The van der Waals surface area contributed by atoms with E-state index in [0.29, 0.717) is 41.6 Å².